The van der Waals surface area contributed by atoms with E-state index in [4.69, 9.17) is 16.9 Å². The lowest BCUT2D eigenvalue weighted by atomic mass is 9.82. The van der Waals surface area contributed by atoms with E-state index in [1.54, 1.807) is 36.0 Å². The Bertz CT molecular complexity index is 704. The van der Waals surface area contributed by atoms with E-state index >= 15 is 0 Å². The van der Waals surface area contributed by atoms with Crippen molar-refractivity contribution in [1.82, 2.24) is 10.6 Å². The molecule has 0 radical (unpaired) electrons. The lowest BCUT2D eigenvalue weighted by molar-refractivity contribution is -0.123. The maximum absolute atomic E-state index is 12.7. The Hall–Kier alpha value is -2.06. The Morgan fingerprint density at radius 2 is 1.86 bits per heavy atom. The van der Waals surface area contributed by atoms with Crippen LogP contribution in [0.5, 0.6) is 0 Å². The minimum Gasteiger partial charge on any atom is -0.384 e. The second-order valence-electron chi connectivity index (χ2n) is 7.67. The molecular formula is C21H33N5O2S. The number of carbonyl (C=O) groups is 2. The first-order valence-electron chi connectivity index (χ1n) is 10.2. The van der Waals surface area contributed by atoms with Crippen LogP contribution >= 0.6 is 11.8 Å². The molecule has 160 valence electrons. The molecule has 0 aliphatic heterocycles. The van der Waals surface area contributed by atoms with Gasteiger partial charge in [0.05, 0.1) is 0 Å². The summed E-state index contributed by atoms with van der Waals surface area (Å²) >= 11 is 1.64. The maximum Gasteiger partial charge on any atom is 0.251 e. The molecule has 29 heavy (non-hydrogen) atoms. The molecule has 1 aliphatic rings. The number of carbonyl (C=O) groups excluding carboxylic acids is 2. The van der Waals surface area contributed by atoms with Gasteiger partial charge >= 0.3 is 0 Å². The zero-order valence-electron chi connectivity index (χ0n) is 17.1. The summed E-state index contributed by atoms with van der Waals surface area (Å²) in [4.78, 5) is 25.4. The van der Waals surface area contributed by atoms with E-state index in [-0.39, 0.29) is 17.6 Å². The van der Waals surface area contributed by atoms with Crippen LogP contribution in [-0.4, -0.2) is 48.8 Å². The van der Waals surface area contributed by atoms with Gasteiger partial charge in [-0.1, -0.05) is 12.1 Å². The van der Waals surface area contributed by atoms with Gasteiger partial charge in [0, 0.05) is 17.7 Å². The minimum absolute atomic E-state index is 0.0966. The second-order valence-corrected chi connectivity index (χ2v) is 8.66. The number of rotatable bonds is 10. The highest BCUT2D eigenvalue weighted by Crippen LogP contribution is 2.27. The van der Waals surface area contributed by atoms with Crippen molar-refractivity contribution < 1.29 is 9.59 Å². The van der Waals surface area contributed by atoms with E-state index in [9.17, 15) is 9.59 Å². The largest absolute Gasteiger partial charge is 0.384 e. The summed E-state index contributed by atoms with van der Waals surface area (Å²) in [5.74, 6) is 1.29. The Balaban J connectivity index is 1.93. The summed E-state index contributed by atoms with van der Waals surface area (Å²) in [6, 6.07) is 5.99. The quantitative estimate of drug-likeness (QED) is 0.291. The van der Waals surface area contributed by atoms with Gasteiger partial charge in [-0.3, -0.25) is 15.0 Å². The fraction of sp³-hybridized carbons (Fsp3) is 0.571. The first-order valence-corrected chi connectivity index (χ1v) is 11.6. The first kappa shape index (κ1) is 23.2. The fourth-order valence-corrected chi connectivity index (χ4v) is 4.08. The maximum atomic E-state index is 12.7. The van der Waals surface area contributed by atoms with Crippen LogP contribution in [0, 0.1) is 17.2 Å². The van der Waals surface area contributed by atoms with Gasteiger partial charge in [-0.25, -0.2) is 0 Å². The number of hydrogen-bond donors (Lipinski definition) is 5. The van der Waals surface area contributed by atoms with Gasteiger partial charge in [-0.2, -0.15) is 11.8 Å². The third-order valence-corrected chi connectivity index (χ3v) is 6.18. The molecular weight excluding hydrogens is 386 g/mol. The molecule has 8 heteroatoms. The molecule has 1 atom stereocenters. The van der Waals surface area contributed by atoms with E-state index in [0.29, 0.717) is 35.9 Å². The topological polar surface area (TPSA) is 134 Å². The molecule has 1 saturated carbocycles. The number of amides is 2. The number of amidine groups is 1. The van der Waals surface area contributed by atoms with Gasteiger partial charge in [-0.15, -0.1) is 0 Å². The van der Waals surface area contributed by atoms with Crippen LogP contribution in [0.2, 0.25) is 0 Å². The van der Waals surface area contributed by atoms with Crippen molar-refractivity contribution in [3.63, 3.8) is 0 Å². The van der Waals surface area contributed by atoms with Crippen molar-refractivity contribution >= 4 is 29.4 Å². The summed E-state index contributed by atoms with van der Waals surface area (Å²) in [6.07, 6.45) is 6.95. The van der Waals surface area contributed by atoms with Crippen molar-refractivity contribution in [1.29, 1.82) is 5.41 Å². The third-order valence-electron chi connectivity index (χ3n) is 5.53. The minimum atomic E-state index is -0.587. The zero-order valence-corrected chi connectivity index (χ0v) is 17.9. The molecule has 7 nitrogen and oxygen atoms in total. The molecule has 0 aromatic heterocycles. The van der Waals surface area contributed by atoms with E-state index < -0.39 is 6.04 Å². The molecule has 1 fully saturated rings. The van der Waals surface area contributed by atoms with Gasteiger partial charge < -0.3 is 22.1 Å². The predicted molar refractivity (Wildman–Crippen MR) is 119 cm³/mol. The van der Waals surface area contributed by atoms with Crippen LogP contribution in [0.3, 0.4) is 0 Å². The summed E-state index contributed by atoms with van der Waals surface area (Å²) in [5.41, 5.74) is 12.1. The SMILES string of the molecule is CSCC[C@@H](NC(=O)c1cccc(C(=N)N)c1)C(=O)NCC1CCC(CN)CC1. The molecule has 7 N–H and O–H groups in total. The number of nitrogens with one attached hydrogen (secondary N) is 3. The highest BCUT2D eigenvalue weighted by molar-refractivity contribution is 7.98. The molecule has 1 aromatic carbocycles. The highest BCUT2D eigenvalue weighted by Gasteiger charge is 2.24. The van der Waals surface area contributed by atoms with Crippen molar-refractivity contribution in [2.24, 2.45) is 23.3 Å². The van der Waals surface area contributed by atoms with Gasteiger partial charge in [0.15, 0.2) is 0 Å². The number of benzene rings is 1. The van der Waals surface area contributed by atoms with Crippen LogP contribution in [0.4, 0.5) is 0 Å². The van der Waals surface area contributed by atoms with Crippen LogP contribution < -0.4 is 22.1 Å². The first-order chi connectivity index (χ1) is 13.9. The molecule has 2 rings (SSSR count). The Kier molecular flexibility index (Phi) is 9.47. The van der Waals surface area contributed by atoms with Gasteiger partial charge in [0.25, 0.3) is 5.91 Å². The normalized spacial score (nSPS) is 19.9. The van der Waals surface area contributed by atoms with Crippen molar-refractivity contribution in [2.75, 3.05) is 25.1 Å². The summed E-state index contributed by atoms with van der Waals surface area (Å²) in [5, 5.41) is 13.4. The van der Waals surface area contributed by atoms with Crippen molar-refractivity contribution in [3.8, 4) is 0 Å². The third kappa shape index (κ3) is 7.36. The molecule has 0 spiro atoms. The van der Waals surface area contributed by atoms with Crippen molar-refractivity contribution in [3.05, 3.63) is 35.4 Å². The number of thioether (sulfide) groups is 1. The molecule has 0 heterocycles. The monoisotopic (exact) mass is 419 g/mol. The van der Waals surface area contributed by atoms with Crippen LogP contribution in [-0.2, 0) is 4.79 Å². The summed E-state index contributed by atoms with van der Waals surface area (Å²) < 4.78 is 0. The molecule has 1 aromatic rings. The second kappa shape index (κ2) is 11.8. The Morgan fingerprint density at radius 3 is 2.48 bits per heavy atom. The van der Waals surface area contributed by atoms with Gasteiger partial charge in [0.2, 0.25) is 5.91 Å². The average molecular weight is 420 g/mol. The average Bonchev–Trinajstić information content (AvgIpc) is 2.75. The van der Waals surface area contributed by atoms with E-state index in [1.807, 2.05) is 6.26 Å². The number of nitrogens with two attached hydrogens (primary N) is 2. The van der Waals surface area contributed by atoms with Crippen LogP contribution in [0.1, 0.15) is 48.0 Å². The zero-order chi connectivity index (χ0) is 21.2. The van der Waals surface area contributed by atoms with Crippen molar-refractivity contribution in [2.45, 2.75) is 38.1 Å². The molecule has 0 saturated heterocycles. The lowest BCUT2D eigenvalue weighted by Crippen LogP contribution is -2.48. The number of hydrogen-bond acceptors (Lipinski definition) is 5. The molecule has 0 bridgehead atoms. The Labute approximate surface area is 177 Å². The number of nitrogen functional groups attached to an aromatic ring is 1. The standard InChI is InChI=1S/C21H33N5O2S/c1-29-10-9-18(21(28)25-13-15-7-5-14(12-22)6-8-15)26-20(27)17-4-2-3-16(11-17)19(23)24/h2-4,11,14-15,18H,5-10,12-13,22H2,1H3,(H3,23,24)(H,25,28)(H,26,27)/t14?,15?,18-/m1/s1. The molecule has 0 unspecified atom stereocenters. The lowest BCUT2D eigenvalue weighted by Gasteiger charge is -2.28. The summed E-state index contributed by atoms with van der Waals surface area (Å²) in [7, 11) is 0. The highest BCUT2D eigenvalue weighted by atomic mass is 32.2. The Morgan fingerprint density at radius 1 is 1.21 bits per heavy atom. The van der Waals surface area contributed by atoms with E-state index in [0.717, 1.165) is 38.0 Å². The fourth-order valence-electron chi connectivity index (χ4n) is 3.61. The van der Waals surface area contributed by atoms with E-state index in [1.165, 1.54) is 0 Å². The molecule has 2 amide bonds. The van der Waals surface area contributed by atoms with Crippen LogP contribution in [0.15, 0.2) is 24.3 Å². The molecule has 1 aliphatic carbocycles. The predicted octanol–water partition coefficient (Wildman–Crippen LogP) is 1.70. The summed E-state index contributed by atoms with van der Waals surface area (Å²) in [6.45, 7) is 1.38. The van der Waals surface area contributed by atoms with E-state index in [2.05, 4.69) is 10.6 Å². The van der Waals surface area contributed by atoms with Crippen LogP contribution in [0.25, 0.3) is 0 Å². The smallest absolute Gasteiger partial charge is 0.251 e. The van der Waals surface area contributed by atoms with Gasteiger partial charge in [-0.05, 0) is 74.6 Å². The van der Waals surface area contributed by atoms with Gasteiger partial charge in [0.1, 0.15) is 11.9 Å².